The van der Waals surface area contributed by atoms with Crippen molar-refractivity contribution >= 4 is 0 Å². The molecule has 0 unspecified atom stereocenters. The van der Waals surface area contributed by atoms with Crippen LogP contribution in [0, 0.1) is 16.2 Å². The van der Waals surface area contributed by atoms with Crippen molar-refractivity contribution < 1.29 is 0 Å². The molecule has 2 N–H and O–H groups in total. The SMILES string of the molecule is CCCCCCCCCCCCCCC1(C2(C3(C4(N)CC4)CC3)CC2)CC1. The van der Waals surface area contributed by atoms with Crippen LogP contribution in [0.2, 0.25) is 0 Å². The highest BCUT2D eigenvalue weighted by Crippen LogP contribution is 2.87. The quantitative estimate of drug-likeness (QED) is 0.273. The van der Waals surface area contributed by atoms with Crippen LogP contribution >= 0.6 is 0 Å². The normalized spacial score (nSPS) is 27.3. The molecule has 0 amide bonds. The Bertz CT molecular complexity index is 476. The molecule has 4 saturated carbocycles. The highest BCUT2D eigenvalue weighted by molar-refractivity contribution is 5.33. The Kier molecular flexibility index (Phi) is 6.00. The van der Waals surface area contributed by atoms with Crippen LogP contribution in [0.3, 0.4) is 0 Å². The first kappa shape index (κ1) is 20.2. The second kappa shape index (κ2) is 8.00. The Morgan fingerprint density at radius 3 is 1.33 bits per heavy atom. The fourth-order valence-corrected chi connectivity index (χ4v) is 7.26. The lowest BCUT2D eigenvalue weighted by molar-refractivity contribution is 0.107. The highest BCUT2D eigenvalue weighted by atomic mass is 15.0. The van der Waals surface area contributed by atoms with Gasteiger partial charge in [-0.2, -0.15) is 0 Å². The molecule has 4 fully saturated rings. The predicted octanol–water partition coefficient (Wildman–Crippen LogP) is 7.91. The second-order valence-electron chi connectivity index (χ2n) is 11.2. The summed E-state index contributed by atoms with van der Waals surface area (Å²) in [5.74, 6) is 0. The molecule has 156 valence electrons. The smallest absolute Gasteiger partial charge is 0.0218 e. The fourth-order valence-electron chi connectivity index (χ4n) is 7.26. The minimum Gasteiger partial charge on any atom is -0.325 e. The zero-order valence-electron chi connectivity index (χ0n) is 18.4. The van der Waals surface area contributed by atoms with Crippen molar-refractivity contribution in [1.29, 1.82) is 0 Å². The second-order valence-corrected chi connectivity index (χ2v) is 11.2. The van der Waals surface area contributed by atoms with Gasteiger partial charge >= 0.3 is 0 Å². The molecule has 0 aromatic heterocycles. The Hall–Kier alpha value is -0.0400. The summed E-state index contributed by atoms with van der Waals surface area (Å²) in [6, 6.07) is 0. The molecule has 0 aliphatic heterocycles. The van der Waals surface area contributed by atoms with Crippen LogP contribution in [0.15, 0.2) is 0 Å². The standard InChI is InChI=1S/C26H47N/c1-2-3-4-5-6-7-8-9-10-11-12-13-14-23(15-16-23)24(17-18-24)25(19-20-25)26(27)21-22-26/h2-22,27H2,1H3. The molecule has 1 nitrogen and oxygen atoms in total. The molecule has 1 heteroatoms. The van der Waals surface area contributed by atoms with Gasteiger partial charge in [0.15, 0.2) is 0 Å². The lowest BCUT2D eigenvalue weighted by Crippen LogP contribution is -2.44. The highest BCUT2D eigenvalue weighted by Gasteiger charge is 2.81. The van der Waals surface area contributed by atoms with E-state index in [1.807, 2.05) is 0 Å². The maximum atomic E-state index is 6.81. The van der Waals surface area contributed by atoms with E-state index in [1.54, 1.807) is 19.3 Å². The van der Waals surface area contributed by atoms with E-state index in [1.165, 1.54) is 116 Å². The summed E-state index contributed by atoms with van der Waals surface area (Å²) in [5.41, 5.74) is 9.20. The van der Waals surface area contributed by atoms with Crippen molar-refractivity contribution in [1.82, 2.24) is 0 Å². The van der Waals surface area contributed by atoms with Gasteiger partial charge in [0.05, 0.1) is 0 Å². The maximum Gasteiger partial charge on any atom is 0.0218 e. The summed E-state index contributed by atoms with van der Waals surface area (Å²) >= 11 is 0. The van der Waals surface area contributed by atoms with Crippen LogP contribution in [0.25, 0.3) is 0 Å². The molecule has 0 radical (unpaired) electrons. The number of unbranched alkanes of at least 4 members (excludes halogenated alkanes) is 11. The van der Waals surface area contributed by atoms with Crippen LogP contribution in [-0.2, 0) is 0 Å². The van der Waals surface area contributed by atoms with E-state index in [0.29, 0.717) is 5.41 Å². The lowest BCUT2D eigenvalue weighted by Gasteiger charge is -2.39. The van der Waals surface area contributed by atoms with E-state index in [9.17, 15) is 0 Å². The minimum absolute atomic E-state index is 0.287. The van der Waals surface area contributed by atoms with Crippen LogP contribution in [0.5, 0.6) is 0 Å². The van der Waals surface area contributed by atoms with Crippen molar-refractivity contribution in [2.75, 3.05) is 0 Å². The Balaban J connectivity index is 1.07. The summed E-state index contributed by atoms with van der Waals surface area (Å²) in [6.45, 7) is 2.31. The van der Waals surface area contributed by atoms with Crippen LogP contribution in [0.4, 0.5) is 0 Å². The molecule has 4 aliphatic carbocycles. The molecule has 0 aromatic rings. The third kappa shape index (κ3) is 3.88. The molecule has 4 rings (SSSR count). The molecule has 0 atom stereocenters. The van der Waals surface area contributed by atoms with Crippen LogP contribution < -0.4 is 5.73 Å². The van der Waals surface area contributed by atoms with Crippen molar-refractivity contribution in [3.63, 3.8) is 0 Å². The van der Waals surface area contributed by atoms with Gasteiger partial charge in [0.1, 0.15) is 0 Å². The number of rotatable bonds is 16. The Morgan fingerprint density at radius 2 is 0.963 bits per heavy atom. The van der Waals surface area contributed by atoms with Gasteiger partial charge in [0.25, 0.3) is 0 Å². The van der Waals surface area contributed by atoms with Gasteiger partial charge in [-0.15, -0.1) is 0 Å². The summed E-state index contributed by atoms with van der Waals surface area (Å²) in [7, 11) is 0. The van der Waals surface area contributed by atoms with Gasteiger partial charge in [-0.3, -0.25) is 0 Å². The average Bonchev–Trinajstić information content (AvgIpc) is 3.51. The molecule has 0 heterocycles. The van der Waals surface area contributed by atoms with E-state index in [4.69, 9.17) is 5.73 Å². The first-order valence-corrected chi connectivity index (χ1v) is 12.9. The molecule has 0 bridgehead atoms. The first-order chi connectivity index (χ1) is 13.1. The van der Waals surface area contributed by atoms with Gasteiger partial charge in [0.2, 0.25) is 0 Å². The summed E-state index contributed by atoms with van der Waals surface area (Å²) in [6.07, 6.45) is 31.0. The molecule has 27 heavy (non-hydrogen) atoms. The Morgan fingerprint density at radius 1 is 0.519 bits per heavy atom. The van der Waals surface area contributed by atoms with E-state index in [0.717, 1.165) is 10.8 Å². The average molecular weight is 374 g/mol. The minimum atomic E-state index is 0.287. The zero-order chi connectivity index (χ0) is 18.8. The largest absolute Gasteiger partial charge is 0.325 e. The topological polar surface area (TPSA) is 26.0 Å². The molecule has 4 aliphatic rings. The Labute approximate surface area is 169 Å². The molecule has 0 saturated heterocycles. The van der Waals surface area contributed by atoms with Crippen molar-refractivity contribution in [2.24, 2.45) is 22.0 Å². The summed E-state index contributed by atoms with van der Waals surface area (Å²) in [5, 5.41) is 0. The lowest BCUT2D eigenvalue weighted by atomic mass is 9.66. The maximum absolute atomic E-state index is 6.81. The third-order valence-corrected chi connectivity index (χ3v) is 9.54. The van der Waals surface area contributed by atoms with E-state index in [2.05, 4.69) is 6.92 Å². The van der Waals surface area contributed by atoms with Gasteiger partial charge in [-0.1, -0.05) is 84.0 Å². The van der Waals surface area contributed by atoms with E-state index in [-0.39, 0.29) is 5.54 Å². The number of hydrogen-bond donors (Lipinski definition) is 1. The van der Waals surface area contributed by atoms with E-state index >= 15 is 0 Å². The predicted molar refractivity (Wildman–Crippen MR) is 117 cm³/mol. The van der Waals surface area contributed by atoms with Gasteiger partial charge in [0, 0.05) is 5.54 Å². The van der Waals surface area contributed by atoms with Gasteiger partial charge < -0.3 is 5.73 Å². The number of hydrogen-bond acceptors (Lipinski definition) is 1. The van der Waals surface area contributed by atoms with E-state index < -0.39 is 0 Å². The van der Waals surface area contributed by atoms with Gasteiger partial charge in [-0.05, 0) is 74.0 Å². The van der Waals surface area contributed by atoms with Gasteiger partial charge in [-0.25, -0.2) is 0 Å². The molecule has 0 spiro atoms. The molecular formula is C26H47N. The van der Waals surface area contributed by atoms with Crippen LogP contribution in [0.1, 0.15) is 142 Å². The van der Waals surface area contributed by atoms with Crippen LogP contribution in [-0.4, -0.2) is 5.54 Å². The zero-order valence-corrected chi connectivity index (χ0v) is 18.4. The molecular weight excluding hydrogens is 326 g/mol. The summed E-state index contributed by atoms with van der Waals surface area (Å²) in [4.78, 5) is 0. The number of nitrogens with two attached hydrogens (primary N) is 1. The van der Waals surface area contributed by atoms with Crippen molar-refractivity contribution in [2.45, 2.75) is 147 Å². The van der Waals surface area contributed by atoms with Crippen molar-refractivity contribution in [3.8, 4) is 0 Å². The monoisotopic (exact) mass is 373 g/mol. The molecule has 0 aromatic carbocycles. The first-order valence-electron chi connectivity index (χ1n) is 12.9. The third-order valence-electron chi connectivity index (χ3n) is 9.54. The van der Waals surface area contributed by atoms with Crippen molar-refractivity contribution in [3.05, 3.63) is 0 Å². The summed E-state index contributed by atoms with van der Waals surface area (Å²) < 4.78 is 0. The fraction of sp³-hybridized carbons (Fsp3) is 1.00.